The number of hydrogen-bond donors (Lipinski definition) is 1. The van der Waals surface area contributed by atoms with Crippen LogP contribution in [0.5, 0.6) is 0 Å². The maximum absolute atomic E-state index is 5.66. The summed E-state index contributed by atoms with van der Waals surface area (Å²) in [5.74, 6) is 3.18. The van der Waals surface area contributed by atoms with Crippen molar-refractivity contribution in [3.63, 3.8) is 0 Å². The third-order valence-electron chi connectivity index (χ3n) is 1.83. The van der Waals surface area contributed by atoms with E-state index in [1.54, 1.807) is 0 Å². The monoisotopic (exact) mass is 167 g/mol. The van der Waals surface area contributed by atoms with Gasteiger partial charge in [-0.3, -0.25) is 0 Å². The van der Waals surface area contributed by atoms with Crippen LogP contribution in [0.1, 0.15) is 40.5 Å². The summed E-state index contributed by atoms with van der Waals surface area (Å²) in [5, 5.41) is 0. The van der Waals surface area contributed by atoms with E-state index >= 15 is 0 Å². The Kier molecular flexibility index (Phi) is 4.34. The van der Waals surface area contributed by atoms with E-state index in [2.05, 4.69) is 33.6 Å². The first kappa shape index (κ1) is 11.5. The van der Waals surface area contributed by atoms with Crippen LogP contribution >= 0.6 is 0 Å². The molecule has 2 atom stereocenters. The number of terminal acetylenes is 1. The van der Waals surface area contributed by atoms with E-state index in [1.807, 2.05) is 0 Å². The van der Waals surface area contributed by atoms with Gasteiger partial charge in [0.2, 0.25) is 0 Å². The van der Waals surface area contributed by atoms with Gasteiger partial charge in [-0.2, -0.15) is 0 Å². The highest BCUT2D eigenvalue weighted by Crippen LogP contribution is 2.26. The van der Waals surface area contributed by atoms with Gasteiger partial charge in [0.15, 0.2) is 0 Å². The molecule has 0 heterocycles. The van der Waals surface area contributed by atoms with Gasteiger partial charge < -0.3 is 5.73 Å². The van der Waals surface area contributed by atoms with Crippen molar-refractivity contribution in [3.8, 4) is 12.3 Å². The van der Waals surface area contributed by atoms with E-state index in [0.29, 0.717) is 11.3 Å². The molecule has 0 aliphatic heterocycles. The Morgan fingerprint density at radius 3 is 2.25 bits per heavy atom. The van der Waals surface area contributed by atoms with Gasteiger partial charge in [-0.15, -0.1) is 6.42 Å². The molecular formula is C11H21N. The molecule has 0 saturated heterocycles. The van der Waals surface area contributed by atoms with Crippen LogP contribution in [0.25, 0.3) is 0 Å². The van der Waals surface area contributed by atoms with Crippen molar-refractivity contribution in [2.45, 2.75) is 46.6 Å². The van der Waals surface area contributed by atoms with Gasteiger partial charge in [-0.05, 0) is 24.2 Å². The normalized spacial score (nSPS) is 16.7. The molecule has 0 radical (unpaired) electrons. The molecule has 0 aliphatic rings. The summed E-state index contributed by atoms with van der Waals surface area (Å²) in [6.45, 7) is 8.93. The minimum atomic E-state index is -0.0673. The van der Waals surface area contributed by atoms with Crippen molar-refractivity contribution in [2.75, 3.05) is 0 Å². The van der Waals surface area contributed by atoms with Gasteiger partial charge in [0.05, 0.1) is 6.04 Å². The lowest BCUT2D eigenvalue weighted by molar-refractivity contribution is 0.293. The fourth-order valence-electron chi connectivity index (χ4n) is 1.63. The fourth-order valence-corrected chi connectivity index (χ4v) is 1.63. The second-order valence-electron chi connectivity index (χ2n) is 4.88. The van der Waals surface area contributed by atoms with Crippen LogP contribution in [-0.2, 0) is 0 Å². The zero-order valence-corrected chi connectivity index (χ0v) is 8.72. The lowest BCUT2D eigenvalue weighted by Gasteiger charge is -2.23. The standard InChI is InChI=1S/C11H21N/c1-6-10(12)7-9(2)8-11(3,4)5/h1,9-10H,7-8,12H2,2-5H3. The van der Waals surface area contributed by atoms with Gasteiger partial charge in [-0.25, -0.2) is 0 Å². The summed E-state index contributed by atoms with van der Waals surface area (Å²) < 4.78 is 0. The molecule has 0 aromatic heterocycles. The van der Waals surface area contributed by atoms with E-state index in [9.17, 15) is 0 Å². The predicted molar refractivity (Wildman–Crippen MR) is 54.7 cm³/mol. The van der Waals surface area contributed by atoms with E-state index in [0.717, 1.165) is 6.42 Å². The van der Waals surface area contributed by atoms with Crippen molar-refractivity contribution in [1.29, 1.82) is 0 Å². The Bertz CT molecular complexity index is 159. The molecule has 2 unspecified atom stereocenters. The van der Waals surface area contributed by atoms with Crippen LogP contribution in [0.2, 0.25) is 0 Å². The second-order valence-corrected chi connectivity index (χ2v) is 4.88. The SMILES string of the molecule is C#CC(N)CC(C)CC(C)(C)C. The van der Waals surface area contributed by atoms with Crippen LogP contribution in [-0.4, -0.2) is 6.04 Å². The first-order valence-corrected chi connectivity index (χ1v) is 4.57. The maximum atomic E-state index is 5.66. The number of rotatable bonds is 3. The van der Waals surface area contributed by atoms with E-state index in [1.165, 1.54) is 6.42 Å². The quantitative estimate of drug-likeness (QED) is 0.642. The molecule has 0 rings (SSSR count). The van der Waals surface area contributed by atoms with Crippen molar-refractivity contribution in [3.05, 3.63) is 0 Å². The maximum Gasteiger partial charge on any atom is 0.0664 e. The highest BCUT2D eigenvalue weighted by molar-refractivity contribution is 4.97. The molecule has 1 nitrogen and oxygen atoms in total. The van der Waals surface area contributed by atoms with Crippen LogP contribution < -0.4 is 5.73 Å². The molecule has 0 bridgehead atoms. The Morgan fingerprint density at radius 2 is 1.92 bits per heavy atom. The minimum Gasteiger partial charge on any atom is -0.318 e. The van der Waals surface area contributed by atoms with Crippen molar-refractivity contribution < 1.29 is 0 Å². The van der Waals surface area contributed by atoms with Crippen LogP contribution in [0.3, 0.4) is 0 Å². The highest BCUT2D eigenvalue weighted by Gasteiger charge is 2.16. The van der Waals surface area contributed by atoms with Crippen molar-refractivity contribution >= 4 is 0 Å². The summed E-state index contributed by atoms with van der Waals surface area (Å²) in [7, 11) is 0. The second kappa shape index (κ2) is 4.52. The third kappa shape index (κ3) is 6.24. The van der Waals surface area contributed by atoms with Gasteiger partial charge in [-0.1, -0.05) is 33.6 Å². The van der Waals surface area contributed by atoms with Gasteiger partial charge in [0, 0.05) is 0 Å². The summed E-state index contributed by atoms with van der Waals surface area (Å²) in [6.07, 6.45) is 7.33. The molecule has 0 aliphatic carbocycles. The molecular weight excluding hydrogens is 146 g/mol. The first-order chi connectivity index (χ1) is 5.35. The average molecular weight is 167 g/mol. The van der Waals surface area contributed by atoms with Gasteiger partial charge >= 0.3 is 0 Å². The molecule has 0 saturated carbocycles. The number of hydrogen-bond acceptors (Lipinski definition) is 1. The summed E-state index contributed by atoms with van der Waals surface area (Å²) in [6, 6.07) is -0.0673. The Labute approximate surface area is 76.7 Å². The molecule has 12 heavy (non-hydrogen) atoms. The lowest BCUT2D eigenvalue weighted by atomic mass is 9.83. The molecule has 0 aromatic carbocycles. The Morgan fingerprint density at radius 1 is 1.42 bits per heavy atom. The zero-order valence-electron chi connectivity index (χ0n) is 8.72. The molecule has 0 aromatic rings. The molecule has 0 fully saturated rings. The first-order valence-electron chi connectivity index (χ1n) is 4.57. The average Bonchev–Trinajstić information content (AvgIpc) is 1.82. The minimum absolute atomic E-state index is 0.0673. The highest BCUT2D eigenvalue weighted by atomic mass is 14.6. The van der Waals surface area contributed by atoms with Crippen LogP contribution in [0.4, 0.5) is 0 Å². The zero-order chi connectivity index (χ0) is 9.78. The fraction of sp³-hybridized carbons (Fsp3) is 0.818. The largest absolute Gasteiger partial charge is 0.318 e. The topological polar surface area (TPSA) is 26.0 Å². The number of nitrogens with two attached hydrogens (primary N) is 1. The molecule has 2 N–H and O–H groups in total. The lowest BCUT2D eigenvalue weighted by Crippen LogP contribution is -2.22. The van der Waals surface area contributed by atoms with Gasteiger partial charge in [0.1, 0.15) is 0 Å². The van der Waals surface area contributed by atoms with E-state index < -0.39 is 0 Å². The summed E-state index contributed by atoms with van der Waals surface area (Å²) in [5.41, 5.74) is 6.04. The van der Waals surface area contributed by atoms with Crippen LogP contribution in [0, 0.1) is 23.7 Å². The Balaban J connectivity index is 3.76. The third-order valence-corrected chi connectivity index (χ3v) is 1.83. The summed E-state index contributed by atoms with van der Waals surface area (Å²) in [4.78, 5) is 0. The summed E-state index contributed by atoms with van der Waals surface area (Å²) >= 11 is 0. The Hall–Kier alpha value is -0.480. The van der Waals surface area contributed by atoms with E-state index in [-0.39, 0.29) is 6.04 Å². The van der Waals surface area contributed by atoms with Gasteiger partial charge in [0.25, 0.3) is 0 Å². The molecule has 70 valence electrons. The van der Waals surface area contributed by atoms with Crippen molar-refractivity contribution in [2.24, 2.45) is 17.1 Å². The molecule has 0 spiro atoms. The predicted octanol–water partition coefficient (Wildman–Crippen LogP) is 2.41. The van der Waals surface area contributed by atoms with Crippen LogP contribution in [0.15, 0.2) is 0 Å². The molecule has 0 amide bonds. The van der Waals surface area contributed by atoms with Crippen molar-refractivity contribution in [1.82, 2.24) is 0 Å². The van der Waals surface area contributed by atoms with E-state index in [4.69, 9.17) is 12.2 Å². The smallest absolute Gasteiger partial charge is 0.0664 e. The molecule has 1 heteroatoms.